The van der Waals surface area contributed by atoms with Gasteiger partial charge in [0.2, 0.25) is 0 Å². The Morgan fingerprint density at radius 1 is 1.39 bits per heavy atom. The molecule has 1 aromatic carbocycles. The molecule has 0 saturated carbocycles. The molecule has 1 fully saturated rings. The zero-order chi connectivity index (χ0) is 19.8. The number of rotatable bonds is 7. The number of nitrogens with one attached hydrogen (secondary N) is 1. The van der Waals surface area contributed by atoms with Gasteiger partial charge in [-0.3, -0.25) is 4.99 Å². The Kier molecular flexibility index (Phi) is 7.34. The number of aromatic nitrogens is 2. The van der Waals surface area contributed by atoms with Gasteiger partial charge in [0.25, 0.3) is 0 Å². The van der Waals surface area contributed by atoms with Crippen LogP contribution in [0.2, 0.25) is 0 Å². The lowest BCUT2D eigenvalue weighted by atomic mass is 9.93. The summed E-state index contributed by atoms with van der Waals surface area (Å²) in [6, 6.07) is 8.81. The van der Waals surface area contributed by atoms with Crippen molar-refractivity contribution in [3.05, 3.63) is 48.5 Å². The average Bonchev–Trinajstić information content (AvgIpc) is 3.25. The van der Waals surface area contributed by atoms with Crippen LogP contribution in [0, 0.1) is 5.92 Å². The molecule has 28 heavy (non-hydrogen) atoms. The highest BCUT2D eigenvalue weighted by Crippen LogP contribution is 2.27. The largest absolute Gasteiger partial charge is 0.494 e. The number of likely N-dealkylation sites (tertiary alicyclic amines) is 1. The first-order chi connectivity index (χ1) is 13.7. The Balaban J connectivity index is 1.53. The number of piperidine rings is 1. The predicted molar refractivity (Wildman–Crippen MR) is 114 cm³/mol. The van der Waals surface area contributed by atoms with Crippen molar-refractivity contribution in [2.45, 2.75) is 39.2 Å². The molecule has 1 aliphatic rings. The summed E-state index contributed by atoms with van der Waals surface area (Å²) in [7, 11) is 1.87. The van der Waals surface area contributed by atoms with Crippen LogP contribution >= 0.6 is 0 Å². The number of hydrogen-bond donors (Lipinski definition) is 1. The zero-order valence-electron chi connectivity index (χ0n) is 17.3. The molecule has 6 heteroatoms. The third kappa shape index (κ3) is 5.27. The first kappa shape index (κ1) is 20.2. The molecule has 2 aromatic rings. The molecular formula is C22H33N5O. The van der Waals surface area contributed by atoms with E-state index in [1.165, 1.54) is 5.56 Å². The van der Waals surface area contributed by atoms with Gasteiger partial charge < -0.3 is 19.5 Å². The highest BCUT2D eigenvalue weighted by molar-refractivity contribution is 5.80. The molecule has 0 spiro atoms. The third-order valence-electron chi connectivity index (χ3n) is 5.41. The lowest BCUT2D eigenvalue weighted by molar-refractivity contribution is 0.189. The van der Waals surface area contributed by atoms with Crippen molar-refractivity contribution >= 4 is 5.96 Å². The van der Waals surface area contributed by atoms with Crippen LogP contribution in [-0.2, 0) is 6.42 Å². The number of hydrogen-bond acceptors (Lipinski definition) is 3. The number of nitrogens with zero attached hydrogens (tertiary/aromatic N) is 4. The molecule has 1 N–H and O–H groups in total. The van der Waals surface area contributed by atoms with Crippen molar-refractivity contribution in [3.8, 4) is 5.75 Å². The molecule has 0 radical (unpaired) electrons. The second-order valence-corrected chi connectivity index (χ2v) is 7.51. The van der Waals surface area contributed by atoms with Gasteiger partial charge >= 0.3 is 0 Å². The van der Waals surface area contributed by atoms with E-state index in [4.69, 9.17) is 4.74 Å². The van der Waals surface area contributed by atoms with E-state index in [2.05, 4.69) is 63.0 Å². The number of ether oxygens (including phenoxy) is 1. The van der Waals surface area contributed by atoms with Crippen LogP contribution in [0.25, 0.3) is 0 Å². The van der Waals surface area contributed by atoms with Crippen molar-refractivity contribution < 1.29 is 4.74 Å². The summed E-state index contributed by atoms with van der Waals surface area (Å²) < 4.78 is 7.97. The van der Waals surface area contributed by atoms with Gasteiger partial charge in [-0.2, -0.15) is 0 Å². The Morgan fingerprint density at radius 2 is 2.29 bits per heavy atom. The van der Waals surface area contributed by atoms with Gasteiger partial charge in [0.1, 0.15) is 5.75 Å². The standard InChI is InChI=1S/C22H33N5O/c1-4-14-28-20-7-5-6-19(15-20)8-10-25-22(23-3)26-12-9-18(2)21(16-26)27-13-11-24-17-27/h5-7,11,13,15,17-18,21H,4,8-10,12,14,16H2,1-3H3,(H,23,25). The van der Waals surface area contributed by atoms with Crippen LogP contribution in [0.4, 0.5) is 0 Å². The normalized spacial score (nSPS) is 20.2. The molecule has 1 aliphatic heterocycles. The molecule has 0 amide bonds. The van der Waals surface area contributed by atoms with Crippen molar-refractivity contribution in [2.24, 2.45) is 10.9 Å². The summed E-state index contributed by atoms with van der Waals surface area (Å²) >= 11 is 0. The number of aliphatic imine (C=N–C) groups is 1. The summed E-state index contributed by atoms with van der Waals surface area (Å²) in [5.74, 6) is 2.57. The van der Waals surface area contributed by atoms with Gasteiger partial charge in [-0.25, -0.2) is 4.98 Å². The highest BCUT2D eigenvalue weighted by atomic mass is 16.5. The first-order valence-electron chi connectivity index (χ1n) is 10.4. The topological polar surface area (TPSA) is 54.7 Å². The molecule has 1 aromatic heterocycles. The van der Waals surface area contributed by atoms with Gasteiger partial charge in [-0.05, 0) is 42.9 Å². The van der Waals surface area contributed by atoms with Crippen LogP contribution in [-0.4, -0.2) is 53.7 Å². The van der Waals surface area contributed by atoms with Gasteiger partial charge in [0.15, 0.2) is 5.96 Å². The Bertz CT molecular complexity index is 743. The van der Waals surface area contributed by atoms with Crippen molar-refractivity contribution in [2.75, 3.05) is 33.3 Å². The second-order valence-electron chi connectivity index (χ2n) is 7.51. The smallest absolute Gasteiger partial charge is 0.193 e. The van der Waals surface area contributed by atoms with Crippen molar-refractivity contribution in [1.82, 2.24) is 19.8 Å². The molecule has 152 valence electrons. The molecule has 0 bridgehead atoms. The average molecular weight is 384 g/mol. The summed E-state index contributed by atoms with van der Waals surface area (Å²) in [5, 5.41) is 3.54. The van der Waals surface area contributed by atoms with Crippen LogP contribution in [0.1, 0.15) is 38.3 Å². The van der Waals surface area contributed by atoms with Crippen molar-refractivity contribution in [1.29, 1.82) is 0 Å². The van der Waals surface area contributed by atoms with Crippen LogP contribution in [0.15, 0.2) is 48.0 Å². The minimum Gasteiger partial charge on any atom is -0.494 e. The molecular weight excluding hydrogens is 350 g/mol. The lowest BCUT2D eigenvalue weighted by Crippen LogP contribution is -2.49. The van der Waals surface area contributed by atoms with Gasteiger partial charge in [0, 0.05) is 39.1 Å². The number of benzene rings is 1. The Morgan fingerprint density at radius 3 is 3.04 bits per heavy atom. The molecule has 3 rings (SSSR count). The van der Waals surface area contributed by atoms with Gasteiger partial charge in [0.05, 0.1) is 19.0 Å². The summed E-state index contributed by atoms with van der Waals surface area (Å²) in [6.45, 7) is 8.05. The number of imidazole rings is 1. The SMILES string of the molecule is CCCOc1cccc(CCNC(=NC)N2CCC(C)C(n3ccnc3)C2)c1. The third-order valence-corrected chi connectivity index (χ3v) is 5.41. The van der Waals surface area contributed by atoms with Gasteiger partial charge in [-0.1, -0.05) is 26.0 Å². The summed E-state index contributed by atoms with van der Waals surface area (Å²) in [5.41, 5.74) is 1.28. The van der Waals surface area contributed by atoms with E-state index in [-0.39, 0.29) is 0 Å². The monoisotopic (exact) mass is 383 g/mol. The molecule has 6 nitrogen and oxygen atoms in total. The van der Waals surface area contributed by atoms with E-state index < -0.39 is 0 Å². The fourth-order valence-corrected chi connectivity index (χ4v) is 3.76. The molecule has 2 unspecified atom stereocenters. The van der Waals surface area contributed by atoms with Crippen LogP contribution < -0.4 is 10.1 Å². The van der Waals surface area contributed by atoms with E-state index in [9.17, 15) is 0 Å². The van der Waals surface area contributed by atoms with E-state index in [0.717, 1.165) is 57.2 Å². The Labute approximate surface area is 168 Å². The first-order valence-corrected chi connectivity index (χ1v) is 10.4. The predicted octanol–water partition coefficient (Wildman–Crippen LogP) is 3.37. The minimum atomic E-state index is 0.433. The highest BCUT2D eigenvalue weighted by Gasteiger charge is 2.28. The van der Waals surface area contributed by atoms with E-state index in [1.54, 1.807) is 0 Å². The summed E-state index contributed by atoms with van der Waals surface area (Å²) in [6.07, 6.45) is 8.97. The fourth-order valence-electron chi connectivity index (χ4n) is 3.76. The van der Waals surface area contributed by atoms with Crippen molar-refractivity contribution in [3.63, 3.8) is 0 Å². The maximum atomic E-state index is 5.74. The van der Waals surface area contributed by atoms with Gasteiger partial charge in [-0.15, -0.1) is 0 Å². The van der Waals surface area contributed by atoms with E-state index in [1.807, 2.05) is 25.6 Å². The Hall–Kier alpha value is -2.50. The minimum absolute atomic E-state index is 0.433. The van der Waals surface area contributed by atoms with E-state index >= 15 is 0 Å². The maximum absolute atomic E-state index is 5.74. The quantitative estimate of drug-likeness (QED) is 0.588. The number of guanidine groups is 1. The van der Waals surface area contributed by atoms with Crippen LogP contribution in [0.5, 0.6) is 5.75 Å². The summed E-state index contributed by atoms with van der Waals surface area (Å²) in [4.78, 5) is 11.1. The molecule has 2 atom stereocenters. The second kappa shape index (κ2) is 10.2. The molecule has 0 aliphatic carbocycles. The van der Waals surface area contributed by atoms with E-state index in [0.29, 0.717) is 12.0 Å². The zero-order valence-corrected chi connectivity index (χ0v) is 17.3. The molecule has 2 heterocycles. The van der Waals surface area contributed by atoms with Crippen LogP contribution in [0.3, 0.4) is 0 Å². The molecule has 1 saturated heterocycles. The lowest BCUT2D eigenvalue weighted by Gasteiger charge is -2.39. The maximum Gasteiger partial charge on any atom is 0.193 e. The fraction of sp³-hybridized carbons (Fsp3) is 0.545.